The number of methoxy groups -OCH3 is 1. The van der Waals surface area contributed by atoms with Gasteiger partial charge in [-0.2, -0.15) is 11.8 Å². The van der Waals surface area contributed by atoms with Gasteiger partial charge in [0.1, 0.15) is 6.61 Å². The molecule has 1 unspecified atom stereocenters. The number of hydrogen-bond acceptors (Lipinski definition) is 3. The largest absolute Gasteiger partial charge is 0.375 e. The van der Waals surface area contributed by atoms with Crippen molar-refractivity contribution < 1.29 is 9.53 Å². The normalized spacial score (nSPS) is 12.6. The van der Waals surface area contributed by atoms with E-state index in [-0.39, 0.29) is 12.5 Å². The van der Waals surface area contributed by atoms with Crippen LogP contribution in [0.2, 0.25) is 0 Å². The number of rotatable bonds is 6. The first kappa shape index (κ1) is 12.8. The lowest BCUT2D eigenvalue weighted by atomic mass is 10.2. The Bertz CT molecular complexity index is 153. The molecule has 3 nitrogen and oxygen atoms in total. The van der Waals surface area contributed by atoms with Crippen molar-refractivity contribution in [3.8, 4) is 0 Å². The number of carbonyl (C=O) groups is 1. The Morgan fingerprint density at radius 3 is 2.62 bits per heavy atom. The van der Waals surface area contributed by atoms with Crippen molar-refractivity contribution in [3.05, 3.63) is 0 Å². The zero-order chi connectivity index (χ0) is 10.3. The fourth-order valence-electron chi connectivity index (χ4n) is 1.12. The molecule has 0 heterocycles. The first-order valence-electron chi connectivity index (χ1n) is 4.40. The summed E-state index contributed by atoms with van der Waals surface area (Å²) in [5.74, 6) is 1.05. The Hall–Kier alpha value is -0.220. The van der Waals surface area contributed by atoms with Crippen LogP contribution in [0, 0.1) is 0 Å². The van der Waals surface area contributed by atoms with Gasteiger partial charge in [0, 0.05) is 26.0 Å². The van der Waals surface area contributed by atoms with Gasteiger partial charge < -0.3 is 9.64 Å². The second kappa shape index (κ2) is 7.21. The molecule has 0 bridgehead atoms. The summed E-state index contributed by atoms with van der Waals surface area (Å²) in [6.45, 7) is 2.28. The Balaban J connectivity index is 4.02. The van der Waals surface area contributed by atoms with Gasteiger partial charge in [0.15, 0.2) is 0 Å². The van der Waals surface area contributed by atoms with Crippen molar-refractivity contribution in [2.75, 3.05) is 32.8 Å². The monoisotopic (exact) mass is 205 g/mol. The van der Waals surface area contributed by atoms with Gasteiger partial charge in [0.2, 0.25) is 5.91 Å². The van der Waals surface area contributed by atoms with Crippen LogP contribution in [0.15, 0.2) is 0 Å². The summed E-state index contributed by atoms with van der Waals surface area (Å²) < 4.78 is 4.80. The highest BCUT2D eigenvalue weighted by atomic mass is 32.2. The third-order valence-corrected chi connectivity index (χ3v) is 2.76. The lowest BCUT2D eigenvalue weighted by Gasteiger charge is -2.26. The molecule has 0 aromatic rings. The molecule has 4 heteroatoms. The predicted molar refractivity (Wildman–Crippen MR) is 57.1 cm³/mol. The first-order valence-corrected chi connectivity index (χ1v) is 5.80. The summed E-state index contributed by atoms with van der Waals surface area (Å²) in [4.78, 5) is 13.2. The van der Waals surface area contributed by atoms with E-state index in [9.17, 15) is 4.79 Å². The second-order valence-electron chi connectivity index (χ2n) is 2.96. The molecule has 0 aliphatic heterocycles. The summed E-state index contributed by atoms with van der Waals surface area (Å²) in [5.41, 5.74) is 0. The molecule has 0 saturated carbocycles. The third-order valence-electron chi connectivity index (χ3n) is 2.04. The van der Waals surface area contributed by atoms with Crippen molar-refractivity contribution in [3.63, 3.8) is 0 Å². The van der Waals surface area contributed by atoms with Gasteiger partial charge >= 0.3 is 0 Å². The number of carbonyl (C=O) groups excluding carboxylic acids is 1. The average molecular weight is 205 g/mol. The quantitative estimate of drug-likeness (QED) is 0.653. The van der Waals surface area contributed by atoms with Crippen LogP contribution in [0.4, 0.5) is 0 Å². The first-order chi connectivity index (χ1) is 6.17. The van der Waals surface area contributed by atoms with Crippen molar-refractivity contribution in [2.24, 2.45) is 0 Å². The molecule has 0 rings (SSSR count). The van der Waals surface area contributed by atoms with Crippen molar-refractivity contribution in [1.29, 1.82) is 0 Å². The molecule has 1 amide bonds. The van der Waals surface area contributed by atoms with Crippen LogP contribution in [0.1, 0.15) is 13.3 Å². The number of nitrogens with zero attached hydrogens (tertiary/aromatic N) is 1. The van der Waals surface area contributed by atoms with Gasteiger partial charge in [0.05, 0.1) is 0 Å². The lowest BCUT2D eigenvalue weighted by molar-refractivity contribution is -0.135. The molecular formula is C9H19NO2S. The summed E-state index contributed by atoms with van der Waals surface area (Å²) in [6.07, 6.45) is 3.05. The Morgan fingerprint density at radius 2 is 2.23 bits per heavy atom. The summed E-state index contributed by atoms with van der Waals surface area (Å²) in [6, 6.07) is 0.331. The topological polar surface area (TPSA) is 29.5 Å². The minimum atomic E-state index is 0.0587. The number of hydrogen-bond donors (Lipinski definition) is 0. The van der Waals surface area contributed by atoms with Crippen LogP contribution >= 0.6 is 11.8 Å². The minimum absolute atomic E-state index is 0.0587. The maximum absolute atomic E-state index is 11.4. The second-order valence-corrected chi connectivity index (χ2v) is 3.87. The molecule has 0 spiro atoms. The molecule has 0 aromatic heterocycles. The van der Waals surface area contributed by atoms with Crippen LogP contribution in [-0.4, -0.2) is 49.6 Å². The summed E-state index contributed by atoms with van der Waals surface area (Å²) in [5, 5.41) is 0. The molecule has 0 radical (unpaired) electrons. The zero-order valence-electron chi connectivity index (χ0n) is 8.87. The van der Waals surface area contributed by atoms with Crippen LogP contribution in [-0.2, 0) is 9.53 Å². The molecule has 13 heavy (non-hydrogen) atoms. The molecule has 0 aliphatic rings. The van der Waals surface area contributed by atoms with Gasteiger partial charge in [-0.05, 0) is 12.7 Å². The smallest absolute Gasteiger partial charge is 0.248 e. The SMILES string of the molecule is CCC(CSC)N(C)C(=O)COC. The highest BCUT2D eigenvalue weighted by Crippen LogP contribution is 2.08. The minimum Gasteiger partial charge on any atom is -0.375 e. The summed E-state index contributed by atoms with van der Waals surface area (Å²) >= 11 is 1.76. The maximum atomic E-state index is 11.4. The van der Waals surface area contributed by atoms with Crippen molar-refractivity contribution in [2.45, 2.75) is 19.4 Å². The molecule has 0 fully saturated rings. The summed E-state index contributed by atoms with van der Waals surface area (Å²) in [7, 11) is 3.38. The van der Waals surface area contributed by atoms with Crippen molar-refractivity contribution in [1.82, 2.24) is 4.90 Å². The van der Waals surface area contributed by atoms with Crippen LogP contribution in [0.25, 0.3) is 0 Å². The molecule has 0 saturated heterocycles. The highest BCUT2D eigenvalue weighted by Gasteiger charge is 2.16. The van der Waals surface area contributed by atoms with E-state index in [1.54, 1.807) is 23.8 Å². The van der Waals surface area contributed by atoms with E-state index in [0.29, 0.717) is 6.04 Å². The molecule has 1 atom stereocenters. The number of likely N-dealkylation sites (N-methyl/N-ethyl adjacent to an activating group) is 1. The number of amides is 1. The van der Waals surface area contributed by atoms with E-state index in [2.05, 4.69) is 13.2 Å². The van der Waals surface area contributed by atoms with Gasteiger partial charge in [0.25, 0.3) is 0 Å². The molecule has 0 aliphatic carbocycles. The fraction of sp³-hybridized carbons (Fsp3) is 0.889. The molecular weight excluding hydrogens is 186 g/mol. The maximum Gasteiger partial charge on any atom is 0.248 e. The van der Waals surface area contributed by atoms with E-state index in [0.717, 1.165) is 12.2 Å². The zero-order valence-corrected chi connectivity index (χ0v) is 9.69. The van der Waals surface area contributed by atoms with Crippen LogP contribution in [0.5, 0.6) is 0 Å². The predicted octanol–water partition coefficient (Wildman–Crippen LogP) is 1.23. The number of ether oxygens (including phenoxy) is 1. The average Bonchev–Trinajstić information content (AvgIpc) is 2.13. The van der Waals surface area contributed by atoms with Gasteiger partial charge in [-0.15, -0.1) is 0 Å². The third kappa shape index (κ3) is 4.52. The lowest BCUT2D eigenvalue weighted by Crippen LogP contribution is -2.40. The molecule has 0 aromatic carbocycles. The van der Waals surface area contributed by atoms with E-state index in [1.165, 1.54) is 0 Å². The van der Waals surface area contributed by atoms with Gasteiger partial charge in [-0.25, -0.2) is 0 Å². The Kier molecular flexibility index (Phi) is 7.09. The number of thioether (sulfide) groups is 1. The molecule has 78 valence electrons. The van der Waals surface area contributed by atoms with E-state index < -0.39 is 0 Å². The fourth-order valence-corrected chi connectivity index (χ4v) is 1.97. The van der Waals surface area contributed by atoms with E-state index in [4.69, 9.17) is 4.74 Å². The molecule has 0 N–H and O–H groups in total. The van der Waals surface area contributed by atoms with Crippen molar-refractivity contribution >= 4 is 17.7 Å². The van der Waals surface area contributed by atoms with E-state index >= 15 is 0 Å². The van der Waals surface area contributed by atoms with Gasteiger partial charge in [-0.1, -0.05) is 6.92 Å². The highest BCUT2D eigenvalue weighted by molar-refractivity contribution is 7.98. The van der Waals surface area contributed by atoms with Crippen LogP contribution < -0.4 is 0 Å². The van der Waals surface area contributed by atoms with Gasteiger partial charge in [-0.3, -0.25) is 4.79 Å². The Labute approximate surface area is 84.8 Å². The van der Waals surface area contributed by atoms with Crippen LogP contribution in [0.3, 0.4) is 0 Å². The Morgan fingerprint density at radius 1 is 1.62 bits per heavy atom. The standard InChI is InChI=1S/C9H19NO2S/c1-5-8(7-13-4)10(2)9(11)6-12-3/h8H,5-7H2,1-4H3. The van der Waals surface area contributed by atoms with E-state index in [1.807, 2.05) is 7.05 Å².